The van der Waals surface area contributed by atoms with Crippen LogP contribution in [-0.2, 0) is 0 Å². The Kier molecular flexibility index (Phi) is 1.77. The van der Waals surface area contributed by atoms with Gasteiger partial charge in [-0.25, -0.2) is 0 Å². The Morgan fingerprint density at radius 2 is 2.46 bits per heavy atom. The molecule has 0 saturated carbocycles. The smallest absolute Gasteiger partial charge is 0.157 e. The molecule has 0 fully saturated rings. The van der Waals surface area contributed by atoms with E-state index in [1.54, 1.807) is 6.21 Å². The summed E-state index contributed by atoms with van der Waals surface area (Å²) in [5.74, 6) is 0.474. The first kappa shape index (κ1) is 7.85. The standard InChI is InChI=1S/C8H11N5/c1-2-13-7(3-4-11-13)6-5-10-12-8(6)9/h3-5,11H,2H2,1H3,(H2,9,12). The highest BCUT2D eigenvalue weighted by Gasteiger charge is 2.18. The molecule has 2 aliphatic rings. The van der Waals surface area contributed by atoms with Gasteiger partial charge in [0.15, 0.2) is 5.84 Å². The molecule has 0 aliphatic carbocycles. The van der Waals surface area contributed by atoms with Crippen molar-refractivity contribution in [3.63, 3.8) is 0 Å². The van der Waals surface area contributed by atoms with Crippen LogP contribution in [0.2, 0.25) is 0 Å². The van der Waals surface area contributed by atoms with Crippen LogP contribution in [0.3, 0.4) is 0 Å². The summed E-state index contributed by atoms with van der Waals surface area (Å²) in [4.78, 5) is 0. The number of hydrazine groups is 1. The maximum atomic E-state index is 5.65. The van der Waals surface area contributed by atoms with E-state index in [2.05, 4.69) is 22.6 Å². The van der Waals surface area contributed by atoms with Gasteiger partial charge in [0.05, 0.1) is 17.5 Å². The third kappa shape index (κ3) is 1.18. The van der Waals surface area contributed by atoms with E-state index in [0.29, 0.717) is 5.84 Å². The number of amidine groups is 1. The number of nitrogens with one attached hydrogen (secondary N) is 1. The predicted octanol–water partition coefficient (Wildman–Crippen LogP) is -0.0491. The highest BCUT2D eigenvalue weighted by molar-refractivity contribution is 6.17. The van der Waals surface area contributed by atoms with Gasteiger partial charge in [0.2, 0.25) is 0 Å². The first-order valence-corrected chi connectivity index (χ1v) is 4.14. The van der Waals surface area contributed by atoms with Gasteiger partial charge in [0, 0.05) is 12.7 Å². The zero-order chi connectivity index (χ0) is 9.26. The van der Waals surface area contributed by atoms with Crippen LogP contribution in [-0.4, -0.2) is 23.6 Å². The Morgan fingerprint density at radius 1 is 1.62 bits per heavy atom. The molecule has 0 saturated heterocycles. The van der Waals surface area contributed by atoms with Crippen molar-refractivity contribution in [3.05, 3.63) is 23.5 Å². The fourth-order valence-electron chi connectivity index (χ4n) is 1.33. The first-order valence-electron chi connectivity index (χ1n) is 4.14. The zero-order valence-electron chi connectivity index (χ0n) is 7.36. The number of hydrogen-bond donors (Lipinski definition) is 2. The Labute approximate surface area is 76.3 Å². The lowest BCUT2D eigenvalue weighted by Gasteiger charge is -2.18. The van der Waals surface area contributed by atoms with Gasteiger partial charge in [-0.15, -0.1) is 5.10 Å². The summed E-state index contributed by atoms with van der Waals surface area (Å²) in [5.41, 5.74) is 10.6. The largest absolute Gasteiger partial charge is 0.382 e. The highest BCUT2D eigenvalue weighted by Crippen LogP contribution is 2.15. The van der Waals surface area contributed by atoms with E-state index in [4.69, 9.17) is 5.73 Å². The molecule has 0 radical (unpaired) electrons. The molecule has 13 heavy (non-hydrogen) atoms. The minimum atomic E-state index is 0.474. The van der Waals surface area contributed by atoms with Gasteiger partial charge in [-0.1, -0.05) is 0 Å². The molecule has 0 amide bonds. The van der Waals surface area contributed by atoms with E-state index in [1.165, 1.54) is 0 Å². The van der Waals surface area contributed by atoms with Crippen LogP contribution >= 0.6 is 0 Å². The minimum Gasteiger partial charge on any atom is -0.382 e. The molecule has 0 unspecified atom stereocenters. The second-order valence-corrected chi connectivity index (χ2v) is 2.74. The summed E-state index contributed by atoms with van der Waals surface area (Å²) in [6, 6.07) is 0. The molecule has 68 valence electrons. The number of rotatable bonds is 1. The molecular weight excluding hydrogens is 166 g/mol. The number of nitrogens with two attached hydrogens (primary N) is 1. The van der Waals surface area contributed by atoms with E-state index in [1.807, 2.05) is 17.3 Å². The van der Waals surface area contributed by atoms with Crippen LogP contribution in [0.25, 0.3) is 0 Å². The van der Waals surface area contributed by atoms with Crippen molar-refractivity contribution in [2.24, 2.45) is 15.9 Å². The lowest BCUT2D eigenvalue weighted by atomic mass is 10.2. The summed E-state index contributed by atoms with van der Waals surface area (Å²) < 4.78 is 0. The fourth-order valence-corrected chi connectivity index (χ4v) is 1.33. The summed E-state index contributed by atoms with van der Waals surface area (Å²) >= 11 is 0. The van der Waals surface area contributed by atoms with Crippen LogP contribution in [0.15, 0.2) is 33.7 Å². The fraction of sp³-hybridized carbons (Fsp3) is 0.250. The number of hydrogen-bond acceptors (Lipinski definition) is 5. The second kappa shape index (κ2) is 2.93. The van der Waals surface area contributed by atoms with Gasteiger partial charge in [0.1, 0.15) is 0 Å². The maximum absolute atomic E-state index is 5.65. The quantitative estimate of drug-likeness (QED) is 0.590. The van der Waals surface area contributed by atoms with E-state index < -0.39 is 0 Å². The molecule has 0 aromatic heterocycles. The average Bonchev–Trinajstić information content (AvgIpc) is 2.71. The van der Waals surface area contributed by atoms with Crippen LogP contribution in [0, 0.1) is 0 Å². The van der Waals surface area contributed by atoms with Gasteiger partial charge in [-0.2, -0.15) is 5.10 Å². The van der Waals surface area contributed by atoms with Crippen molar-refractivity contribution in [2.45, 2.75) is 6.92 Å². The summed E-state index contributed by atoms with van der Waals surface area (Å²) in [7, 11) is 0. The third-order valence-electron chi connectivity index (χ3n) is 1.98. The number of allylic oxidation sites excluding steroid dienone is 1. The molecule has 0 atom stereocenters. The SMILES string of the molecule is CCN1NC=CC1=C1C=NN=C1N. The summed E-state index contributed by atoms with van der Waals surface area (Å²) in [5, 5.41) is 9.48. The molecule has 5 nitrogen and oxygen atoms in total. The van der Waals surface area contributed by atoms with Gasteiger partial charge in [-0.05, 0) is 13.0 Å². The van der Waals surface area contributed by atoms with Crippen LogP contribution in [0.4, 0.5) is 0 Å². The Bertz CT molecular complexity index is 336. The number of nitrogens with zero attached hydrogens (tertiary/aromatic N) is 3. The van der Waals surface area contributed by atoms with Crippen molar-refractivity contribution in [1.29, 1.82) is 0 Å². The second-order valence-electron chi connectivity index (χ2n) is 2.74. The topological polar surface area (TPSA) is 66.0 Å². The molecular formula is C8H11N5. The van der Waals surface area contributed by atoms with Gasteiger partial charge >= 0.3 is 0 Å². The maximum Gasteiger partial charge on any atom is 0.157 e. The van der Waals surface area contributed by atoms with Crippen molar-refractivity contribution in [1.82, 2.24) is 10.4 Å². The van der Waals surface area contributed by atoms with Crippen LogP contribution < -0.4 is 11.2 Å². The van der Waals surface area contributed by atoms with E-state index >= 15 is 0 Å². The Hall–Kier alpha value is -1.78. The zero-order valence-corrected chi connectivity index (χ0v) is 7.36. The molecule has 3 N–H and O–H groups in total. The number of likely N-dealkylation sites (N-methyl/N-ethyl adjacent to an activating group) is 1. The molecule has 0 bridgehead atoms. The molecule has 2 aliphatic heterocycles. The van der Waals surface area contributed by atoms with E-state index in [0.717, 1.165) is 17.8 Å². The average molecular weight is 177 g/mol. The highest BCUT2D eigenvalue weighted by atomic mass is 15.5. The van der Waals surface area contributed by atoms with Gasteiger partial charge in [-0.3, -0.25) is 5.01 Å². The van der Waals surface area contributed by atoms with Gasteiger partial charge in [0.25, 0.3) is 0 Å². The van der Waals surface area contributed by atoms with E-state index in [9.17, 15) is 0 Å². The molecule has 2 rings (SSSR count). The van der Waals surface area contributed by atoms with E-state index in [-0.39, 0.29) is 0 Å². The minimum absolute atomic E-state index is 0.474. The summed E-state index contributed by atoms with van der Waals surface area (Å²) in [6.07, 6.45) is 5.49. The third-order valence-corrected chi connectivity index (χ3v) is 1.98. The molecule has 2 heterocycles. The Morgan fingerprint density at radius 3 is 3.08 bits per heavy atom. The molecule has 0 spiro atoms. The van der Waals surface area contributed by atoms with Crippen molar-refractivity contribution >= 4 is 12.1 Å². The van der Waals surface area contributed by atoms with Gasteiger partial charge < -0.3 is 11.2 Å². The predicted molar refractivity (Wildman–Crippen MR) is 51.8 cm³/mol. The van der Waals surface area contributed by atoms with Crippen LogP contribution in [0.1, 0.15) is 6.92 Å². The molecule has 0 aromatic rings. The van der Waals surface area contributed by atoms with Crippen molar-refractivity contribution in [2.75, 3.05) is 6.54 Å². The lowest BCUT2D eigenvalue weighted by Crippen LogP contribution is -2.30. The monoisotopic (exact) mass is 177 g/mol. The molecule has 5 heteroatoms. The van der Waals surface area contributed by atoms with Crippen LogP contribution in [0.5, 0.6) is 0 Å². The van der Waals surface area contributed by atoms with Crippen molar-refractivity contribution < 1.29 is 0 Å². The first-order chi connectivity index (χ1) is 6.33. The summed E-state index contributed by atoms with van der Waals surface area (Å²) in [6.45, 7) is 2.92. The Balaban J connectivity index is 2.37. The molecule has 0 aromatic carbocycles. The lowest BCUT2D eigenvalue weighted by molar-refractivity contribution is 0.330. The normalized spacial score (nSPS) is 25.3. The van der Waals surface area contributed by atoms with Crippen molar-refractivity contribution in [3.8, 4) is 0 Å².